The van der Waals surface area contributed by atoms with Gasteiger partial charge in [-0.2, -0.15) is 0 Å². The Morgan fingerprint density at radius 3 is 2.62 bits per heavy atom. The fraction of sp³-hybridized carbons (Fsp3) is 0.333. The Bertz CT molecular complexity index is 86.5. The van der Waals surface area contributed by atoms with Gasteiger partial charge in [-0.05, 0) is 0 Å². The van der Waals surface area contributed by atoms with Gasteiger partial charge in [-0.3, -0.25) is 0 Å². The maximum atomic E-state index is 3.60. The van der Waals surface area contributed by atoms with Gasteiger partial charge in [0.1, 0.15) is 0 Å². The molecule has 0 saturated carbocycles. The molecule has 0 aliphatic carbocycles. The van der Waals surface area contributed by atoms with Gasteiger partial charge in [-0.25, -0.2) is 0 Å². The van der Waals surface area contributed by atoms with E-state index >= 15 is 0 Å². The quantitative estimate of drug-likeness (QED) is 0.525. The molecule has 2 heteroatoms. The average Bonchev–Trinajstić information content (AvgIpc) is 1.83. The molecule has 0 radical (unpaired) electrons. The van der Waals surface area contributed by atoms with Crippen LogP contribution in [0, 0.1) is 0 Å². The summed E-state index contributed by atoms with van der Waals surface area (Å²) in [6.45, 7) is 3.60. The third kappa shape index (κ3) is 4.60. The summed E-state index contributed by atoms with van der Waals surface area (Å²) in [5.74, 6) is 0. The highest BCUT2D eigenvalue weighted by Crippen LogP contribution is 2.01. The van der Waals surface area contributed by atoms with E-state index in [1.165, 1.54) is 0 Å². The lowest BCUT2D eigenvalue weighted by molar-refractivity contribution is 1.45. The van der Waals surface area contributed by atoms with Crippen LogP contribution in [0.4, 0.5) is 0 Å². The minimum Gasteiger partial charge on any atom is -0.102 e. The Labute approximate surface area is 66.9 Å². The Hall–Kier alpha value is 0.440. The van der Waals surface area contributed by atoms with Gasteiger partial charge in [0.15, 0.2) is 0 Å². The van der Waals surface area contributed by atoms with Gasteiger partial charge in [0.05, 0.1) is 4.83 Å². The predicted octanol–water partition coefficient (Wildman–Crippen LogP) is 2.89. The Balaban J connectivity index is 3.35. The minimum atomic E-state index is 0.319. The summed E-state index contributed by atoms with van der Waals surface area (Å²) < 4.78 is 0. The molecule has 46 valence electrons. The van der Waals surface area contributed by atoms with Crippen molar-refractivity contribution in [2.24, 2.45) is 0 Å². The van der Waals surface area contributed by atoms with E-state index in [9.17, 15) is 0 Å². The lowest BCUT2D eigenvalue weighted by atomic mass is 10.4. The molecule has 0 amide bonds. The van der Waals surface area contributed by atoms with Crippen molar-refractivity contribution in [3.63, 3.8) is 0 Å². The normalized spacial score (nSPS) is 14.2. The van der Waals surface area contributed by atoms with Crippen LogP contribution >= 0.6 is 31.9 Å². The number of alkyl halides is 2. The van der Waals surface area contributed by atoms with Crippen molar-refractivity contribution < 1.29 is 0 Å². The van der Waals surface area contributed by atoms with E-state index in [4.69, 9.17) is 0 Å². The molecule has 0 rings (SSSR count). The monoisotopic (exact) mass is 238 g/mol. The van der Waals surface area contributed by atoms with Gasteiger partial charge in [0.25, 0.3) is 0 Å². The van der Waals surface area contributed by atoms with Crippen molar-refractivity contribution in [1.82, 2.24) is 0 Å². The second-order valence-electron chi connectivity index (χ2n) is 1.26. The summed E-state index contributed by atoms with van der Waals surface area (Å²) in [4.78, 5) is 0.319. The predicted molar refractivity (Wildman–Crippen MR) is 45.8 cm³/mol. The maximum Gasteiger partial charge on any atom is 0.0503 e. The van der Waals surface area contributed by atoms with Gasteiger partial charge in [0.2, 0.25) is 0 Å². The van der Waals surface area contributed by atoms with Crippen LogP contribution in [-0.4, -0.2) is 10.2 Å². The average molecular weight is 240 g/mol. The van der Waals surface area contributed by atoms with Crippen LogP contribution < -0.4 is 0 Å². The molecule has 0 aliphatic heterocycles. The Morgan fingerprint density at radius 1 is 1.62 bits per heavy atom. The van der Waals surface area contributed by atoms with Gasteiger partial charge >= 0.3 is 0 Å². The van der Waals surface area contributed by atoms with Crippen molar-refractivity contribution in [2.45, 2.75) is 4.83 Å². The molecule has 0 saturated heterocycles. The second kappa shape index (κ2) is 5.57. The highest BCUT2D eigenvalue weighted by atomic mass is 79.9. The lowest BCUT2D eigenvalue weighted by Crippen LogP contribution is -1.81. The molecule has 0 aromatic carbocycles. The third-order valence-corrected chi connectivity index (χ3v) is 1.69. The van der Waals surface area contributed by atoms with E-state index in [-0.39, 0.29) is 0 Å². The van der Waals surface area contributed by atoms with Gasteiger partial charge in [-0.15, -0.1) is 6.58 Å². The largest absolute Gasteiger partial charge is 0.102 e. The van der Waals surface area contributed by atoms with Crippen LogP contribution in [-0.2, 0) is 0 Å². The van der Waals surface area contributed by atoms with E-state index in [2.05, 4.69) is 38.4 Å². The van der Waals surface area contributed by atoms with E-state index in [0.29, 0.717) is 4.83 Å². The molecule has 0 nitrogen and oxygen atoms in total. The van der Waals surface area contributed by atoms with Crippen molar-refractivity contribution >= 4 is 31.9 Å². The summed E-state index contributed by atoms with van der Waals surface area (Å²) in [5, 5.41) is 0.906. The van der Waals surface area contributed by atoms with E-state index < -0.39 is 0 Å². The van der Waals surface area contributed by atoms with Gasteiger partial charge in [-0.1, -0.05) is 50.1 Å². The number of hydrogen-bond donors (Lipinski definition) is 0. The maximum absolute atomic E-state index is 3.60. The number of hydrogen-bond acceptors (Lipinski definition) is 0. The molecule has 1 unspecified atom stereocenters. The van der Waals surface area contributed by atoms with Crippen LogP contribution in [0.25, 0.3) is 0 Å². The molecule has 0 heterocycles. The van der Waals surface area contributed by atoms with Crippen LogP contribution in [0.15, 0.2) is 24.8 Å². The number of allylic oxidation sites excluding steroid dienone is 3. The van der Waals surface area contributed by atoms with Crippen LogP contribution in [0.5, 0.6) is 0 Å². The van der Waals surface area contributed by atoms with Crippen molar-refractivity contribution in [3.8, 4) is 0 Å². The molecular formula is C6H8Br2. The van der Waals surface area contributed by atoms with Crippen molar-refractivity contribution in [1.29, 1.82) is 0 Å². The highest BCUT2D eigenvalue weighted by Gasteiger charge is 1.85. The summed E-state index contributed by atoms with van der Waals surface area (Å²) in [6, 6.07) is 0. The molecule has 0 aliphatic rings. The summed E-state index contributed by atoms with van der Waals surface area (Å²) in [6.07, 6.45) is 5.89. The summed E-state index contributed by atoms with van der Waals surface area (Å²) >= 11 is 6.62. The zero-order chi connectivity index (χ0) is 6.41. The van der Waals surface area contributed by atoms with Gasteiger partial charge in [0, 0.05) is 5.33 Å². The van der Waals surface area contributed by atoms with Crippen molar-refractivity contribution in [2.75, 3.05) is 5.33 Å². The topological polar surface area (TPSA) is 0 Å². The first-order valence-corrected chi connectivity index (χ1v) is 4.34. The zero-order valence-corrected chi connectivity index (χ0v) is 7.65. The van der Waals surface area contributed by atoms with Gasteiger partial charge < -0.3 is 0 Å². The molecule has 0 N–H and O–H groups in total. The standard InChI is InChI=1S/C6H8Br2/c1-2-6(8)4-3-5-7/h2-4,6H,1,5H2. The fourth-order valence-corrected chi connectivity index (χ4v) is 0.692. The number of halogens is 2. The molecule has 0 fully saturated rings. The first-order valence-electron chi connectivity index (χ1n) is 2.30. The molecular weight excluding hydrogens is 232 g/mol. The highest BCUT2D eigenvalue weighted by molar-refractivity contribution is 9.09. The fourth-order valence-electron chi connectivity index (χ4n) is 0.260. The first-order chi connectivity index (χ1) is 3.81. The zero-order valence-electron chi connectivity index (χ0n) is 4.48. The molecule has 0 aromatic rings. The Morgan fingerprint density at radius 2 is 2.25 bits per heavy atom. The van der Waals surface area contributed by atoms with E-state index in [0.717, 1.165) is 5.33 Å². The second-order valence-corrected chi connectivity index (χ2v) is 2.97. The molecule has 0 aromatic heterocycles. The number of rotatable bonds is 3. The Kier molecular flexibility index (Phi) is 5.88. The van der Waals surface area contributed by atoms with Crippen LogP contribution in [0.3, 0.4) is 0 Å². The van der Waals surface area contributed by atoms with Crippen LogP contribution in [0.2, 0.25) is 0 Å². The molecule has 0 bridgehead atoms. The SMILES string of the molecule is C=CC(Br)C=CCBr. The van der Waals surface area contributed by atoms with E-state index in [1.807, 2.05) is 18.2 Å². The lowest BCUT2D eigenvalue weighted by Gasteiger charge is -1.89. The molecule has 0 spiro atoms. The minimum absolute atomic E-state index is 0.319. The smallest absolute Gasteiger partial charge is 0.0503 e. The summed E-state index contributed by atoms with van der Waals surface area (Å²) in [5.41, 5.74) is 0. The van der Waals surface area contributed by atoms with E-state index in [1.54, 1.807) is 0 Å². The van der Waals surface area contributed by atoms with Crippen LogP contribution in [0.1, 0.15) is 0 Å². The van der Waals surface area contributed by atoms with Crippen molar-refractivity contribution in [3.05, 3.63) is 24.8 Å². The summed E-state index contributed by atoms with van der Waals surface area (Å²) in [7, 11) is 0. The first kappa shape index (κ1) is 8.44. The third-order valence-electron chi connectivity index (χ3n) is 0.634. The molecule has 8 heavy (non-hydrogen) atoms. The molecule has 1 atom stereocenters.